The molecule has 0 radical (unpaired) electrons. The molecule has 2 heteroatoms. The highest BCUT2D eigenvalue weighted by Gasteiger charge is 2.27. The first-order chi connectivity index (χ1) is 10.3. The summed E-state index contributed by atoms with van der Waals surface area (Å²) in [5, 5.41) is 0. The molecule has 1 heterocycles. The van der Waals surface area contributed by atoms with Gasteiger partial charge in [0.05, 0.1) is 5.69 Å². The van der Waals surface area contributed by atoms with Crippen molar-refractivity contribution in [3.63, 3.8) is 0 Å². The Morgan fingerprint density at radius 3 is 2.29 bits per heavy atom. The zero-order chi connectivity index (χ0) is 14.7. The lowest BCUT2D eigenvalue weighted by molar-refractivity contribution is 0.525. The highest BCUT2D eigenvalue weighted by molar-refractivity contribution is 5.57. The van der Waals surface area contributed by atoms with Crippen molar-refractivity contribution in [2.75, 3.05) is 18.0 Å². The van der Waals surface area contributed by atoms with Gasteiger partial charge in [-0.3, -0.25) is 4.99 Å². The Labute approximate surface area is 127 Å². The highest BCUT2D eigenvalue weighted by atomic mass is 15.2. The number of aliphatic imine (C=N–C) groups is 1. The van der Waals surface area contributed by atoms with Crippen molar-refractivity contribution in [1.82, 2.24) is 0 Å². The van der Waals surface area contributed by atoms with E-state index in [-0.39, 0.29) is 0 Å². The van der Waals surface area contributed by atoms with Crippen LogP contribution in [0.25, 0.3) is 0 Å². The van der Waals surface area contributed by atoms with Gasteiger partial charge in [0.1, 0.15) is 0 Å². The summed E-state index contributed by atoms with van der Waals surface area (Å²) in [5.74, 6) is 0.665. The lowest BCUT2D eigenvalue weighted by Crippen LogP contribution is -2.44. The summed E-state index contributed by atoms with van der Waals surface area (Å²) in [4.78, 5) is 6.35. The lowest BCUT2D eigenvalue weighted by atomic mass is 9.90. The van der Waals surface area contributed by atoms with Gasteiger partial charge >= 0.3 is 0 Å². The molecule has 3 rings (SSSR count). The minimum atomic E-state index is 0.665. The summed E-state index contributed by atoms with van der Waals surface area (Å²) in [7, 11) is 0. The van der Waals surface area contributed by atoms with Crippen LogP contribution in [0.1, 0.15) is 30.4 Å². The van der Waals surface area contributed by atoms with E-state index in [2.05, 4.69) is 59.9 Å². The average molecular weight is 278 g/mol. The van der Waals surface area contributed by atoms with Gasteiger partial charge in [-0.2, -0.15) is 0 Å². The Morgan fingerprint density at radius 2 is 1.71 bits per heavy atom. The van der Waals surface area contributed by atoms with E-state index in [1.54, 1.807) is 0 Å². The smallest absolute Gasteiger partial charge is 0.0623 e. The van der Waals surface area contributed by atoms with Gasteiger partial charge < -0.3 is 4.90 Å². The maximum absolute atomic E-state index is 3.93. The SMILES string of the molecule is C=Nc1ccc(N2CC(c3ccc(CCC)cc3)C2)cc1. The number of aryl methyl sites for hydroxylation is 1. The molecule has 0 aliphatic carbocycles. The Hall–Kier alpha value is -2.09. The molecule has 0 aromatic heterocycles. The second kappa shape index (κ2) is 6.13. The van der Waals surface area contributed by atoms with Crippen LogP contribution in [-0.2, 0) is 6.42 Å². The van der Waals surface area contributed by atoms with E-state index in [0.717, 1.165) is 18.8 Å². The van der Waals surface area contributed by atoms with Crippen molar-refractivity contribution in [3.8, 4) is 0 Å². The molecule has 0 saturated carbocycles. The summed E-state index contributed by atoms with van der Waals surface area (Å²) in [6.07, 6.45) is 2.40. The molecule has 1 aliphatic heterocycles. The Balaban J connectivity index is 1.60. The van der Waals surface area contributed by atoms with Crippen LogP contribution >= 0.6 is 0 Å². The second-order valence-corrected chi connectivity index (χ2v) is 5.77. The van der Waals surface area contributed by atoms with E-state index in [9.17, 15) is 0 Å². The minimum absolute atomic E-state index is 0.665. The van der Waals surface area contributed by atoms with E-state index >= 15 is 0 Å². The third-order valence-electron chi connectivity index (χ3n) is 4.27. The van der Waals surface area contributed by atoms with Gasteiger partial charge in [0.25, 0.3) is 0 Å². The molecule has 0 atom stereocenters. The zero-order valence-electron chi connectivity index (χ0n) is 12.6. The molecule has 1 saturated heterocycles. The highest BCUT2D eigenvalue weighted by Crippen LogP contribution is 2.32. The van der Waals surface area contributed by atoms with Crippen LogP contribution < -0.4 is 4.90 Å². The van der Waals surface area contributed by atoms with Crippen molar-refractivity contribution in [2.24, 2.45) is 4.99 Å². The van der Waals surface area contributed by atoms with Gasteiger partial charge in [0.2, 0.25) is 0 Å². The van der Waals surface area contributed by atoms with Crippen molar-refractivity contribution in [2.45, 2.75) is 25.7 Å². The largest absolute Gasteiger partial charge is 0.370 e. The van der Waals surface area contributed by atoms with Crippen molar-refractivity contribution < 1.29 is 0 Å². The number of hydrogen-bond donors (Lipinski definition) is 0. The molecule has 108 valence electrons. The molecular formula is C19H22N2. The number of rotatable bonds is 5. The first kappa shape index (κ1) is 13.9. The molecule has 2 aromatic carbocycles. The van der Waals surface area contributed by atoms with Crippen LogP contribution in [0.2, 0.25) is 0 Å². The van der Waals surface area contributed by atoms with Crippen LogP contribution in [0.4, 0.5) is 11.4 Å². The van der Waals surface area contributed by atoms with Gasteiger partial charge in [0.15, 0.2) is 0 Å². The van der Waals surface area contributed by atoms with Crippen molar-refractivity contribution >= 4 is 18.1 Å². The summed E-state index contributed by atoms with van der Waals surface area (Å²) < 4.78 is 0. The molecule has 0 amide bonds. The number of nitrogens with zero attached hydrogens (tertiary/aromatic N) is 2. The molecule has 0 bridgehead atoms. The topological polar surface area (TPSA) is 15.6 Å². The van der Waals surface area contributed by atoms with Crippen LogP contribution in [0, 0.1) is 0 Å². The van der Waals surface area contributed by atoms with Gasteiger partial charge in [-0.25, -0.2) is 0 Å². The van der Waals surface area contributed by atoms with Crippen molar-refractivity contribution in [1.29, 1.82) is 0 Å². The van der Waals surface area contributed by atoms with Crippen LogP contribution in [0.15, 0.2) is 53.5 Å². The van der Waals surface area contributed by atoms with E-state index in [1.165, 1.54) is 29.7 Å². The van der Waals surface area contributed by atoms with Crippen LogP contribution in [-0.4, -0.2) is 19.8 Å². The first-order valence-electron chi connectivity index (χ1n) is 7.70. The predicted octanol–water partition coefficient (Wildman–Crippen LogP) is 4.58. The fourth-order valence-electron chi connectivity index (χ4n) is 2.91. The second-order valence-electron chi connectivity index (χ2n) is 5.77. The van der Waals surface area contributed by atoms with Crippen LogP contribution in [0.3, 0.4) is 0 Å². The molecule has 2 nitrogen and oxygen atoms in total. The average Bonchev–Trinajstić information content (AvgIpc) is 2.48. The Morgan fingerprint density at radius 1 is 1.05 bits per heavy atom. The summed E-state index contributed by atoms with van der Waals surface area (Å²) in [6.45, 7) is 7.99. The molecule has 0 unspecified atom stereocenters. The van der Waals surface area contributed by atoms with Gasteiger partial charge in [-0.15, -0.1) is 0 Å². The summed E-state index contributed by atoms with van der Waals surface area (Å²) >= 11 is 0. The monoisotopic (exact) mass is 278 g/mol. The number of anilines is 1. The fourth-order valence-corrected chi connectivity index (χ4v) is 2.91. The molecule has 0 spiro atoms. The van der Waals surface area contributed by atoms with Crippen LogP contribution in [0.5, 0.6) is 0 Å². The lowest BCUT2D eigenvalue weighted by Gasteiger charge is -2.41. The Kier molecular flexibility index (Phi) is 4.05. The number of benzene rings is 2. The molecular weight excluding hydrogens is 256 g/mol. The zero-order valence-corrected chi connectivity index (χ0v) is 12.6. The third kappa shape index (κ3) is 2.99. The maximum atomic E-state index is 3.93. The van der Waals surface area contributed by atoms with Gasteiger partial charge in [-0.1, -0.05) is 37.6 Å². The van der Waals surface area contributed by atoms with Gasteiger partial charge in [0, 0.05) is 24.7 Å². The quantitative estimate of drug-likeness (QED) is 0.731. The molecule has 1 aliphatic rings. The van der Waals surface area contributed by atoms with E-state index < -0.39 is 0 Å². The fraction of sp³-hybridized carbons (Fsp3) is 0.316. The molecule has 1 fully saturated rings. The maximum Gasteiger partial charge on any atom is 0.0623 e. The van der Waals surface area contributed by atoms with E-state index in [0.29, 0.717) is 5.92 Å². The summed E-state index contributed by atoms with van der Waals surface area (Å²) in [6, 6.07) is 17.5. The Bertz CT molecular complexity index is 592. The van der Waals surface area contributed by atoms with E-state index in [1.807, 2.05) is 12.1 Å². The predicted molar refractivity (Wildman–Crippen MR) is 91.0 cm³/mol. The first-order valence-corrected chi connectivity index (χ1v) is 7.70. The third-order valence-corrected chi connectivity index (χ3v) is 4.27. The normalized spacial score (nSPS) is 14.8. The van der Waals surface area contributed by atoms with E-state index in [4.69, 9.17) is 0 Å². The minimum Gasteiger partial charge on any atom is -0.370 e. The van der Waals surface area contributed by atoms with Crippen molar-refractivity contribution in [3.05, 3.63) is 59.7 Å². The van der Waals surface area contributed by atoms with Gasteiger partial charge in [-0.05, 0) is 48.5 Å². The number of hydrogen-bond acceptors (Lipinski definition) is 2. The molecule has 0 N–H and O–H groups in total. The molecule has 21 heavy (non-hydrogen) atoms. The molecule has 2 aromatic rings. The standard InChI is InChI=1S/C19H22N2/c1-3-4-15-5-7-16(8-6-15)17-13-21(14-17)19-11-9-18(20-2)10-12-19/h5-12,17H,2-4,13-14H2,1H3. The summed E-state index contributed by atoms with van der Waals surface area (Å²) in [5.41, 5.74) is 5.13.